The molecule has 2 aliphatic rings. The van der Waals surface area contributed by atoms with Crippen LogP contribution in [0, 0.1) is 5.92 Å². The predicted molar refractivity (Wildman–Crippen MR) is 110 cm³/mol. The van der Waals surface area contributed by atoms with Crippen LogP contribution in [-0.2, 0) is 15.0 Å². The lowest BCUT2D eigenvalue weighted by Crippen LogP contribution is -2.48. The zero-order chi connectivity index (χ0) is 21.4. The van der Waals surface area contributed by atoms with E-state index in [9.17, 15) is 13.2 Å². The molecule has 0 saturated carbocycles. The van der Waals surface area contributed by atoms with Gasteiger partial charge in [0, 0.05) is 51.2 Å². The van der Waals surface area contributed by atoms with Crippen LogP contribution in [0.25, 0.3) is 0 Å². The van der Waals surface area contributed by atoms with Crippen LogP contribution in [0.3, 0.4) is 0 Å². The van der Waals surface area contributed by atoms with Crippen molar-refractivity contribution in [3.05, 3.63) is 23.8 Å². The molecule has 1 atom stereocenters. The maximum atomic E-state index is 12.9. The monoisotopic (exact) mass is 425 g/mol. The number of nitrogens with zero attached hydrogens (tertiary/aromatic N) is 2. The molecule has 29 heavy (non-hydrogen) atoms. The SMILES string of the molecule is COc1ccc2c(c1)OC(C)(C)C[C@H]2NC(=O)C1CCN(S(=O)(=O)N(C)C)CC1. The third kappa shape index (κ3) is 4.67. The number of carbonyl (C=O) groups is 1. The molecule has 162 valence electrons. The Balaban J connectivity index is 1.69. The number of amides is 1. The van der Waals surface area contributed by atoms with Gasteiger partial charge in [0.1, 0.15) is 17.1 Å². The van der Waals surface area contributed by atoms with E-state index in [1.165, 1.54) is 22.7 Å². The molecule has 0 spiro atoms. The molecule has 8 nitrogen and oxygen atoms in total. The number of ether oxygens (including phenoxy) is 2. The van der Waals surface area contributed by atoms with Gasteiger partial charge in [0.25, 0.3) is 10.2 Å². The highest BCUT2D eigenvalue weighted by molar-refractivity contribution is 7.86. The average molecular weight is 426 g/mol. The molecule has 1 aromatic carbocycles. The smallest absolute Gasteiger partial charge is 0.281 e. The van der Waals surface area contributed by atoms with Crippen LogP contribution < -0.4 is 14.8 Å². The Kier molecular flexibility index (Phi) is 6.12. The van der Waals surface area contributed by atoms with Crippen molar-refractivity contribution in [3.8, 4) is 11.5 Å². The lowest BCUT2D eigenvalue weighted by Gasteiger charge is -2.39. The van der Waals surface area contributed by atoms with Crippen molar-refractivity contribution in [2.24, 2.45) is 5.92 Å². The number of hydrogen-bond donors (Lipinski definition) is 1. The van der Waals surface area contributed by atoms with E-state index < -0.39 is 15.8 Å². The van der Waals surface area contributed by atoms with Gasteiger partial charge in [-0.15, -0.1) is 0 Å². The van der Waals surface area contributed by atoms with Crippen molar-refractivity contribution in [1.82, 2.24) is 13.9 Å². The maximum Gasteiger partial charge on any atom is 0.281 e. The Morgan fingerprint density at radius 2 is 1.93 bits per heavy atom. The van der Waals surface area contributed by atoms with E-state index in [-0.39, 0.29) is 17.9 Å². The number of methoxy groups -OCH3 is 1. The molecular weight excluding hydrogens is 394 g/mol. The number of nitrogens with one attached hydrogen (secondary N) is 1. The first-order valence-corrected chi connectivity index (χ1v) is 11.3. The van der Waals surface area contributed by atoms with Gasteiger partial charge in [0.2, 0.25) is 5.91 Å². The van der Waals surface area contributed by atoms with Gasteiger partial charge in [-0.1, -0.05) is 0 Å². The molecule has 9 heteroatoms. The van der Waals surface area contributed by atoms with Gasteiger partial charge in [0.05, 0.1) is 13.2 Å². The molecule has 0 bridgehead atoms. The van der Waals surface area contributed by atoms with Gasteiger partial charge in [0.15, 0.2) is 0 Å². The standard InChI is InChI=1S/C20H31N3O5S/c1-20(2)13-17(16-7-6-15(27-5)12-18(16)28-20)21-19(24)14-8-10-23(11-9-14)29(25,26)22(3)4/h6-7,12,14,17H,8-11,13H2,1-5H3,(H,21,24)/t17-/m1/s1. The van der Waals surface area contributed by atoms with Crippen molar-refractivity contribution in [1.29, 1.82) is 0 Å². The van der Waals surface area contributed by atoms with Crippen molar-refractivity contribution in [3.63, 3.8) is 0 Å². The molecule has 1 amide bonds. The third-order valence-electron chi connectivity index (χ3n) is 5.61. The van der Waals surface area contributed by atoms with Crippen molar-refractivity contribution >= 4 is 16.1 Å². The van der Waals surface area contributed by atoms with Gasteiger partial charge in [-0.05, 0) is 38.8 Å². The normalized spacial score (nSPS) is 22.6. The van der Waals surface area contributed by atoms with Gasteiger partial charge in [-0.25, -0.2) is 0 Å². The van der Waals surface area contributed by atoms with E-state index in [0.717, 1.165) is 11.3 Å². The van der Waals surface area contributed by atoms with Crippen LogP contribution in [0.15, 0.2) is 18.2 Å². The van der Waals surface area contributed by atoms with Crippen LogP contribution in [0.2, 0.25) is 0 Å². The predicted octanol–water partition coefficient (Wildman–Crippen LogP) is 1.93. The van der Waals surface area contributed by atoms with E-state index in [1.807, 2.05) is 32.0 Å². The highest BCUT2D eigenvalue weighted by Gasteiger charge is 2.37. The minimum absolute atomic E-state index is 0.0311. The van der Waals surface area contributed by atoms with Gasteiger partial charge >= 0.3 is 0 Å². The van der Waals surface area contributed by atoms with Crippen molar-refractivity contribution in [2.45, 2.75) is 44.8 Å². The number of benzene rings is 1. The zero-order valence-corrected chi connectivity index (χ0v) is 18.6. The quantitative estimate of drug-likeness (QED) is 0.779. The fourth-order valence-electron chi connectivity index (χ4n) is 3.96. The van der Waals surface area contributed by atoms with Gasteiger partial charge in [-0.2, -0.15) is 17.0 Å². The Labute approximate surface area is 173 Å². The zero-order valence-electron chi connectivity index (χ0n) is 17.8. The largest absolute Gasteiger partial charge is 0.497 e. The number of piperidine rings is 1. The molecule has 3 rings (SSSR count). The van der Waals surface area contributed by atoms with E-state index >= 15 is 0 Å². The third-order valence-corrected chi connectivity index (χ3v) is 7.55. The molecule has 1 N–H and O–H groups in total. The van der Waals surface area contributed by atoms with Crippen LogP contribution >= 0.6 is 0 Å². The van der Waals surface area contributed by atoms with Crippen molar-refractivity contribution < 1.29 is 22.7 Å². The number of hydrogen-bond acceptors (Lipinski definition) is 5. The van der Waals surface area contributed by atoms with Crippen molar-refractivity contribution in [2.75, 3.05) is 34.3 Å². The second-order valence-corrected chi connectivity index (χ2v) is 10.6. The maximum absolute atomic E-state index is 12.9. The highest BCUT2D eigenvalue weighted by atomic mass is 32.2. The summed E-state index contributed by atoms with van der Waals surface area (Å²) < 4.78 is 38.6. The number of fused-ring (bicyclic) bond motifs is 1. The second-order valence-electron chi connectivity index (χ2n) is 8.49. The average Bonchev–Trinajstić information content (AvgIpc) is 2.66. The summed E-state index contributed by atoms with van der Waals surface area (Å²) >= 11 is 0. The molecule has 1 aromatic rings. The molecule has 0 aliphatic carbocycles. The van der Waals surface area contributed by atoms with E-state index in [1.54, 1.807) is 7.11 Å². The molecule has 2 heterocycles. The number of carbonyl (C=O) groups excluding carboxylic acids is 1. The summed E-state index contributed by atoms with van der Waals surface area (Å²) in [5.74, 6) is 1.20. The van der Waals surface area contributed by atoms with Crippen LogP contribution in [0.5, 0.6) is 11.5 Å². The highest BCUT2D eigenvalue weighted by Crippen LogP contribution is 2.41. The summed E-state index contributed by atoms with van der Waals surface area (Å²) in [4.78, 5) is 12.9. The molecule has 0 unspecified atom stereocenters. The van der Waals surface area contributed by atoms with Crippen LogP contribution in [0.1, 0.15) is 44.7 Å². The Morgan fingerprint density at radius 3 is 2.52 bits per heavy atom. The van der Waals surface area contributed by atoms with Crippen LogP contribution in [0.4, 0.5) is 0 Å². The fraction of sp³-hybridized carbons (Fsp3) is 0.650. The lowest BCUT2D eigenvalue weighted by molar-refractivity contribution is -0.127. The molecule has 0 aromatic heterocycles. The number of rotatable bonds is 5. The topological polar surface area (TPSA) is 88.2 Å². The Morgan fingerprint density at radius 1 is 1.28 bits per heavy atom. The second kappa shape index (κ2) is 8.12. The summed E-state index contributed by atoms with van der Waals surface area (Å²) in [6.45, 7) is 4.70. The summed E-state index contributed by atoms with van der Waals surface area (Å²) in [6.07, 6.45) is 1.69. The van der Waals surface area contributed by atoms with E-state index in [0.29, 0.717) is 38.1 Å². The first-order chi connectivity index (χ1) is 13.5. The van der Waals surface area contributed by atoms with E-state index in [2.05, 4.69) is 5.32 Å². The van der Waals surface area contributed by atoms with Gasteiger partial charge < -0.3 is 14.8 Å². The lowest BCUT2D eigenvalue weighted by atomic mass is 9.88. The molecule has 2 aliphatic heterocycles. The minimum Gasteiger partial charge on any atom is -0.497 e. The molecular formula is C20H31N3O5S. The first kappa shape index (κ1) is 21.9. The summed E-state index contributed by atoms with van der Waals surface area (Å²) in [7, 11) is 1.22. The fourth-order valence-corrected chi connectivity index (χ4v) is 5.09. The molecule has 0 radical (unpaired) electrons. The summed E-state index contributed by atoms with van der Waals surface area (Å²) in [5.41, 5.74) is 0.520. The Hall–Kier alpha value is -1.84. The van der Waals surface area contributed by atoms with Crippen LogP contribution in [-0.4, -0.2) is 62.8 Å². The summed E-state index contributed by atoms with van der Waals surface area (Å²) in [6, 6.07) is 5.49. The molecule has 1 saturated heterocycles. The first-order valence-electron chi connectivity index (χ1n) is 9.88. The minimum atomic E-state index is -3.43. The molecule has 1 fully saturated rings. The van der Waals surface area contributed by atoms with Gasteiger partial charge in [-0.3, -0.25) is 4.79 Å². The van der Waals surface area contributed by atoms with E-state index in [4.69, 9.17) is 9.47 Å². The Bertz CT molecular complexity index is 861. The summed E-state index contributed by atoms with van der Waals surface area (Å²) in [5, 5.41) is 3.18.